The molecule has 0 spiro atoms. The number of fused-ring (bicyclic) bond motifs is 1. The summed E-state index contributed by atoms with van der Waals surface area (Å²) in [5.41, 5.74) is 12.9. The molecule has 0 aliphatic carbocycles. The zero-order valence-corrected chi connectivity index (χ0v) is 26.0. The van der Waals surface area contributed by atoms with Crippen LogP contribution in [0.4, 0.5) is 17.1 Å². The van der Waals surface area contributed by atoms with Gasteiger partial charge < -0.3 is 4.90 Å². The van der Waals surface area contributed by atoms with Crippen LogP contribution in [0.25, 0.3) is 55.3 Å². The summed E-state index contributed by atoms with van der Waals surface area (Å²) in [5.74, 6) is 0. The third-order valence-corrected chi connectivity index (χ3v) is 8.87. The van der Waals surface area contributed by atoms with Gasteiger partial charge in [0.15, 0.2) is 0 Å². The van der Waals surface area contributed by atoms with Crippen molar-refractivity contribution in [3.8, 4) is 44.5 Å². The summed E-state index contributed by atoms with van der Waals surface area (Å²) >= 11 is 0. The quantitative estimate of drug-likeness (QED) is 0.176. The van der Waals surface area contributed by atoms with E-state index in [9.17, 15) is 0 Å². The molecule has 0 aliphatic heterocycles. The molecular weight excluding hydrogens is 567 g/mol. The summed E-state index contributed by atoms with van der Waals surface area (Å²) in [6.07, 6.45) is 0. The molecule has 8 rings (SSSR count). The zero-order chi connectivity index (χ0) is 31.4. The van der Waals surface area contributed by atoms with Crippen LogP contribution < -0.4 is 4.90 Å². The number of benzene rings is 8. The van der Waals surface area contributed by atoms with Crippen molar-refractivity contribution in [1.29, 1.82) is 0 Å². The van der Waals surface area contributed by atoms with Crippen molar-refractivity contribution in [2.45, 2.75) is 0 Å². The van der Waals surface area contributed by atoms with E-state index in [-0.39, 0.29) is 0 Å². The maximum atomic E-state index is 2.42. The number of hydrogen-bond donors (Lipinski definition) is 0. The second-order valence-electron chi connectivity index (χ2n) is 11.8. The molecular formula is C46H33N. The van der Waals surface area contributed by atoms with E-state index in [1.54, 1.807) is 0 Å². The van der Waals surface area contributed by atoms with Gasteiger partial charge in [0, 0.05) is 16.9 Å². The fourth-order valence-corrected chi connectivity index (χ4v) is 6.61. The van der Waals surface area contributed by atoms with E-state index in [2.05, 4.69) is 205 Å². The van der Waals surface area contributed by atoms with Gasteiger partial charge in [0.1, 0.15) is 0 Å². The summed E-state index contributed by atoms with van der Waals surface area (Å²) in [4.78, 5) is 2.42. The van der Waals surface area contributed by atoms with Crippen LogP contribution in [0.3, 0.4) is 0 Å². The first-order valence-electron chi connectivity index (χ1n) is 16.1. The highest BCUT2D eigenvalue weighted by molar-refractivity contribution is 6.02. The Kier molecular flexibility index (Phi) is 7.63. The molecule has 8 aromatic rings. The molecule has 0 aromatic heterocycles. The Morgan fingerprint density at radius 2 is 0.766 bits per heavy atom. The Balaban J connectivity index is 1.41. The van der Waals surface area contributed by atoms with Crippen molar-refractivity contribution in [3.05, 3.63) is 200 Å². The number of hydrogen-bond acceptors (Lipinski definition) is 1. The first-order valence-corrected chi connectivity index (χ1v) is 16.1. The average Bonchev–Trinajstić information content (AvgIpc) is 3.16. The van der Waals surface area contributed by atoms with Gasteiger partial charge in [0.2, 0.25) is 0 Å². The first kappa shape index (κ1) is 28.3. The summed E-state index contributed by atoms with van der Waals surface area (Å²) in [5, 5.41) is 2.43. The van der Waals surface area contributed by atoms with Crippen LogP contribution in [0, 0.1) is 0 Å². The highest BCUT2D eigenvalue weighted by Crippen LogP contribution is 2.48. The fourth-order valence-electron chi connectivity index (χ4n) is 6.61. The summed E-state index contributed by atoms with van der Waals surface area (Å²) in [6.45, 7) is 0. The second kappa shape index (κ2) is 12.7. The topological polar surface area (TPSA) is 3.24 Å². The van der Waals surface area contributed by atoms with Crippen LogP contribution in [-0.2, 0) is 0 Å². The molecule has 8 aromatic carbocycles. The minimum absolute atomic E-state index is 1.10. The summed E-state index contributed by atoms with van der Waals surface area (Å²) in [7, 11) is 0. The predicted octanol–water partition coefficient (Wildman–Crippen LogP) is 13.0. The van der Waals surface area contributed by atoms with Gasteiger partial charge in [-0.25, -0.2) is 0 Å². The molecule has 0 amide bonds. The van der Waals surface area contributed by atoms with Gasteiger partial charge in [0.25, 0.3) is 0 Å². The van der Waals surface area contributed by atoms with Crippen molar-refractivity contribution >= 4 is 27.8 Å². The molecule has 1 heteroatoms. The molecule has 0 fully saturated rings. The van der Waals surface area contributed by atoms with Crippen LogP contribution in [0.5, 0.6) is 0 Å². The third kappa shape index (κ3) is 5.60. The smallest absolute Gasteiger partial charge is 0.0546 e. The Labute approximate surface area is 276 Å². The van der Waals surface area contributed by atoms with Crippen LogP contribution >= 0.6 is 0 Å². The molecule has 0 saturated carbocycles. The van der Waals surface area contributed by atoms with Crippen LogP contribution in [0.1, 0.15) is 0 Å². The maximum Gasteiger partial charge on any atom is 0.0546 e. The molecule has 0 aliphatic rings. The molecule has 1 nitrogen and oxygen atoms in total. The molecule has 222 valence electrons. The predicted molar refractivity (Wildman–Crippen MR) is 200 cm³/mol. The molecule has 0 N–H and O–H groups in total. The lowest BCUT2D eigenvalue weighted by molar-refractivity contribution is 1.29. The minimum atomic E-state index is 1.10. The van der Waals surface area contributed by atoms with Gasteiger partial charge in [0.05, 0.1) is 5.69 Å². The first-order chi connectivity index (χ1) is 23.3. The maximum absolute atomic E-state index is 2.42. The standard InChI is InChI=1S/C46H33N/c1-4-15-34(16-5-1)36-27-30-40(31-28-36)47(41-32-29-35-17-10-11-22-39(35)33-41)45-26-14-25-43(38-20-8-3-9-21-38)46(45)44-24-13-12-23-42(44)37-18-6-2-7-19-37/h1-33H. The van der Waals surface area contributed by atoms with Crippen molar-refractivity contribution in [2.24, 2.45) is 0 Å². The molecule has 0 heterocycles. The molecule has 0 radical (unpaired) electrons. The van der Waals surface area contributed by atoms with E-state index in [1.165, 1.54) is 55.3 Å². The highest BCUT2D eigenvalue weighted by atomic mass is 15.1. The average molecular weight is 600 g/mol. The van der Waals surface area contributed by atoms with Crippen molar-refractivity contribution in [1.82, 2.24) is 0 Å². The Bertz CT molecular complexity index is 2270. The Morgan fingerprint density at radius 3 is 1.45 bits per heavy atom. The van der Waals surface area contributed by atoms with Gasteiger partial charge in [-0.1, -0.05) is 170 Å². The molecule has 47 heavy (non-hydrogen) atoms. The lowest BCUT2D eigenvalue weighted by Gasteiger charge is -2.30. The van der Waals surface area contributed by atoms with E-state index in [4.69, 9.17) is 0 Å². The Hall–Kier alpha value is -6.18. The van der Waals surface area contributed by atoms with Crippen molar-refractivity contribution in [2.75, 3.05) is 4.90 Å². The van der Waals surface area contributed by atoms with Gasteiger partial charge in [-0.15, -0.1) is 0 Å². The van der Waals surface area contributed by atoms with E-state index in [0.29, 0.717) is 0 Å². The summed E-state index contributed by atoms with van der Waals surface area (Å²) in [6, 6.07) is 71.9. The van der Waals surface area contributed by atoms with Gasteiger partial charge in [-0.3, -0.25) is 0 Å². The summed E-state index contributed by atoms with van der Waals surface area (Å²) < 4.78 is 0. The molecule has 0 bridgehead atoms. The number of anilines is 3. The monoisotopic (exact) mass is 599 g/mol. The largest absolute Gasteiger partial charge is 0.310 e. The van der Waals surface area contributed by atoms with E-state index in [0.717, 1.165) is 17.1 Å². The third-order valence-electron chi connectivity index (χ3n) is 8.87. The zero-order valence-electron chi connectivity index (χ0n) is 26.0. The van der Waals surface area contributed by atoms with E-state index in [1.807, 2.05) is 0 Å². The lowest BCUT2D eigenvalue weighted by atomic mass is 9.87. The van der Waals surface area contributed by atoms with Crippen LogP contribution in [0.2, 0.25) is 0 Å². The number of nitrogens with zero attached hydrogens (tertiary/aromatic N) is 1. The Morgan fingerprint density at radius 1 is 0.277 bits per heavy atom. The second-order valence-corrected chi connectivity index (χ2v) is 11.8. The SMILES string of the molecule is c1ccc(-c2ccc(N(c3ccc4ccccc4c3)c3cccc(-c4ccccc4)c3-c3ccccc3-c3ccccc3)cc2)cc1. The minimum Gasteiger partial charge on any atom is -0.310 e. The van der Waals surface area contributed by atoms with Crippen LogP contribution in [0.15, 0.2) is 200 Å². The molecule has 0 atom stereocenters. The van der Waals surface area contributed by atoms with Gasteiger partial charge in [-0.2, -0.15) is 0 Å². The highest BCUT2D eigenvalue weighted by Gasteiger charge is 2.22. The molecule has 0 unspecified atom stereocenters. The normalized spacial score (nSPS) is 11.0. The van der Waals surface area contributed by atoms with Gasteiger partial charge >= 0.3 is 0 Å². The van der Waals surface area contributed by atoms with E-state index >= 15 is 0 Å². The van der Waals surface area contributed by atoms with Crippen molar-refractivity contribution < 1.29 is 0 Å². The fraction of sp³-hybridized carbons (Fsp3) is 0. The van der Waals surface area contributed by atoms with Crippen molar-refractivity contribution in [3.63, 3.8) is 0 Å². The lowest BCUT2D eigenvalue weighted by Crippen LogP contribution is -2.12. The van der Waals surface area contributed by atoms with E-state index < -0.39 is 0 Å². The molecule has 0 saturated heterocycles. The number of rotatable bonds is 7. The van der Waals surface area contributed by atoms with Crippen LogP contribution in [-0.4, -0.2) is 0 Å². The van der Waals surface area contributed by atoms with Gasteiger partial charge in [-0.05, 0) is 80.0 Å².